The van der Waals surface area contributed by atoms with Gasteiger partial charge in [0.25, 0.3) is 5.91 Å². The first-order valence-corrected chi connectivity index (χ1v) is 12.2. The third-order valence-electron chi connectivity index (χ3n) is 5.56. The minimum atomic E-state index is -0.163. The molecule has 1 saturated heterocycles. The van der Waals surface area contributed by atoms with Gasteiger partial charge in [0.05, 0.1) is 11.8 Å². The van der Waals surface area contributed by atoms with Gasteiger partial charge in [-0.1, -0.05) is 41.0 Å². The Labute approximate surface area is 206 Å². The van der Waals surface area contributed by atoms with Gasteiger partial charge in [0.15, 0.2) is 11.0 Å². The molecule has 2 amide bonds. The zero-order valence-electron chi connectivity index (χ0n) is 18.2. The average Bonchev–Trinajstić information content (AvgIpc) is 3.41. The van der Waals surface area contributed by atoms with Crippen molar-refractivity contribution < 1.29 is 9.59 Å². The molecule has 1 aliphatic rings. The van der Waals surface area contributed by atoms with E-state index < -0.39 is 0 Å². The normalized spacial score (nSPS) is 15.6. The van der Waals surface area contributed by atoms with Crippen molar-refractivity contribution in [2.45, 2.75) is 31.0 Å². The Morgan fingerprint density at radius 1 is 1.15 bits per heavy atom. The van der Waals surface area contributed by atoms with Crippen molar-refractivity contribution in [3.05, 3.63) is 69.5 Å². The Bertz CT molecular complexity index is 1180. The van der Waals surface area contributed by atoms with Crippen LogP contribution in [0, 0.1) is 6.92 Å². The highest BCUT2D eigenvalue weighted by molar-refractivity contribution is 7.99. The number of hydrogen-bond acceptors (Lipinski definition) is 5. The molecule has 0 radical (unpaired) electrons. The van der Waals surface area contributed by atoms with Gasteiger partial charge in [-0.05, 0) is 61.7 Å². The second-order valence-corrected chi connectivity index (χ2v) is 9.65. The first kappa shape index (κ1) is 23.6. The number of nitrogens with one attached hydrogen (secondary N) is 1. The molecule has 7 nitrogen and oxygen atoms in total. The summed E-state index contributed by atoms with van der Waals surface area (Å²) in [6.07, 6.45) is 1.70. The fourth-order valence-corrected chi connectivity index (χ4v) is 4.80. The molecule has 1 unspecified atom stereocenters. The fraction of sp³-hybridized carbons (Fsp3) is 0.304. The Morgan fingerprint density at radius 2 is 1.91 bits per heavy atom. The summed E-state index contributed by atoms with van der Waals surface area (Å²) in [7, 11) is 1.86. The lowest BCUT2D eigenvalue weighted by Crippen LogP contribution is -2.31. The number of rotatable bonds is 6. The van der Waals surface area contributed by atoms with Crippen LogP contribution in [0.5, 0.6) is 0 Å². The van der Waals surface area contributed by atoms with E-state index in [1.165, 1.54) is 11.8 Å². The molecule has 0 spiro atoms. The molecule has 4 rings (SSSR count). The van der Waals surface area contributed by atoms with Gasteiger partial charge in [-0.15, -0.1) is 10.2 Å². The summed E-state index contributed by atoms with van der Waals surface area (Å²) < 4.78 is 1.86. The van der Waals surface area contributed by atoms with E-state index in [0.29, 0.717) is 38.8 Å². The number of likely N-dealkylation sites (tertiary alicyclic amines) is 1. The summed E-state index contributed by atoms with van der Waals surface area (Å²) in [6.45, 7) is 2.56. The lowest BCUT2D eigenvalue weighted by molar-refractivity contribution is -0.113. The van der Waals surface area contributed by atoms with Gasteiger partial charge in [-0.3, -0.25) is 9.59 Å². The van der Waals surface area contributed by atoms with E-state index >= 15 is 0 Å². The van der Waals surface area contributed by atoms with Crippen LogP contribution in [0.3, 0.4) is 0 Å². The highest BCUT2D eigenvalue weighted by Gasteiger charge is 2.34. The number of amides is 2. The van der Waals surface area contributed by atoms with Crippen molar-refractivity contribution in [3.63, 3.8) is 0 Å². The standard InChI is InChI=1S/C23H23Cl2N5O2S/c1-14-5-10-17(12-18(14)25)26-20(31)13-33-23-28-27-21(29(23)2)19-4-3-11-30(19)22(32)15-6-8-16(24)9-7-15/h5-10,12,19H,3-4,11,13H2,1-2H3,(H,26,31). The van der Waals surface area contributed by atoms with Crippen molar-refractivity contribution in [3.8, 4) is 0 Å². The Hall–Kier alpha value is -2.55. The summed E-state index contributed by atoms with van der Waals surface area (Å²) in [5, 5.41) is 13.3. The van der Waals surface area contributed by atoms with Gasteiger partial charge < -0.3 is 14.8 Å². The lowest BCUT2D eigenvalue weighted by atomic mass is 10.1. The molecular formula is C23H23Cl2N5O2S. The minimum absolute atomic E-state index is 0.0532. The first-order chi connectivity index (χ1) is 15.8. The summed E-state index contributed by atoms with van der Waals surface area (Å²) in [5.74, 6) is 0.672. The number of halogens is 2. The van der Waals surface area contributed by atoms with Crippen LogP contribution in [-0.4, -0.2) is 43.8 Å². The molecule has 1 aromatic heterocycles. The molecule has 1 fully saturated rings. The van der Waals surface area contributed by atoms with Crippen LogP contribution in [0.25, 0.3) is 0 Å². The maximum atomic E-state index is 13.1. The van der Waals surface area contributed by atoms with E-state index in [9.17, 15) is 9.59 Å². The number of thioether (sulfide) groups is 1. The third-order valence-corrected chi connectivity index (χ3v) is 7.24. The van der Waals surface area contributed by atoms with Crippen LogP contribution in [-0.2, 0) is 11.8 Å². The van der Waals surface area contributed by atoms with E-state index in [1.54, 1.807) is 30.3 Å². The maximum Gasteiger partial charge on any atom is 0.254 e. The van der Waals surface area contributed by atoms with E-state index in [1.807, 2.05) is 35.6 Å². The first-order valence-electron chi connectivity index (χ1n) is 10.5. The van der Waals surface area contributed by atoms with Gasteiger partial charge in [0, 0.05) is 34.9 Å². The summed E-state index contributed by atoms with van der Waals surface area (Å²) >= 11 is 13.4. The van der Waals surface area contributed by atoms with E-state index in [-0.39, 0.29) is 23.6 Å². The number of nitrogens with zero attached hydrogens (tertiary/aromatic N) is 4. The zero-order chi connectivity index (χ0) is 23.5. The highest BCUT2D eigenvalue weighted by Crippen LogP contribution is 2.33. The Morgan fingerprint density at radius 3 is 2.64 bits per heavy atom. The fourth-order valence-electron chi connectivity index (χ4n) is 3.78. The molecule has 172 valence electrons. The largest absolute Gasteiger partial charge is 0.328 e. The van der Waals surface area contributed by atoms with E-state index in [2.05, 4.69) is 15.5 Å². The molecule has 1 aliphatic heterocycles. The van der Waals surface area contributed by atoms with Crippen LogP contribution < -0.4 is 5.32 Å². The van der Waals surface area contributed by atoms with Crippen LogP contribution in [0.15, 0.2) is 47.6 Å². The molecule has 0 bridgehead atoms. The molecule has 3 aromatic rings. The highest BCUT2D eigenvalue weighted by atomic mass is 35.5. The molecule has 10 heteroatoms. The van der Waals surface area contributed by atoms with E-state index in [4.69, 9.17) is 23.2 Å². The number of carbonyl (C=O) groups excluding carboxylic acids is 2. The lowest BCUT2D eigenvalue weighted by Gasteiger charge is -2.24. The zero-order valence-corrected chi connectivity index (χ0v) is 20.5. The summed E-state index contributed by atoms with van der Waals surface area (Å²) in [5.41, 5.74) is 2.19. The van der Waals surface area contributed by atoms with Crippen LogP contribution in [0.1, 0.15) is 40.6 Å². The van der Waals surface area contributed by atoms with Gasteiger partial charge >= 0.3 is 0 Å². The molecule has 2 heterocycles. The van der Waals surface area contributed by atoms with Crippen molar-refractivity contribution in [1.82, 2.24) is 19.7 Å². The van der Waals surface area contributed by atoms with Crippen molar-refractivity contribution >= 4 is 52.5 Å². The predicted octanol–water partition coefficient (Wildman–Crippen LogP) is 5.14. The topological polar surface area (TPSA) is 80.1 Å². The molecule has 0 saturated carbocycles. The molecule has 1 N–H and O–H groups in total. The van der Waals surface area contributed by atoms with Crippen LogP contribution >= 0.6 is 35.0 Å². The smallest absolute Gasteiger partial charge is 0.254 e. The number of anilines is 1. The molecule has 2 aromatic carbocycles. The molecular weight excluding hydrogens is 481 g/mol. The number of benzene rings is 2. The minimum Gasteiger partial charge on any atom is -0.328 e. The molecule has 0 aliphatic carbocycles. The number of aryl methyl sites for hydroxylation is 1. The number of carbonyl (C=O) groups is 2. The number of aromatic nitrogens is 3. The molecule has 1 atom stereocenters. The number of hydrogen-bond donors (Lipinski definition) is 1. The predicted molar refractivity (Wildman–Crippen MR) is 131 cm³/mol. The average molecular weight is 504 g/mol. The van der Waals surface area contributed by atoms with Crippen molar-refractivity contribution in [1.29, 1.82) is 0 Å². The van der Waals surface area contributed by atoms with Gasteiger partial charge in [-0.25, -0.2) is 0 Å². The monoisotopic (exact) mass is 503 g/mol. The van der Waals surface area contributed by atoms with Crippen LogP contribution in [0.2, 0.25) is 10.0 Å². The molecule has 33 heavy (non-hydrogen) atoms. The van der Waals surface area contributed by atoms with Gasteiger partial charge in [-0.2, -0.15) is 0 Å². The third kappa shape index (κ3) is 5.34. The summed E-state index contributed by atoms with van der Waals surface area (Å²) in [6, 6.07) is 12.1. The summed E-state index contributed by atoms with van der Waals surface area (Å²) in [4.78, 5) is 27.3. The second-order valence-electron chi connectivity index (χ2n) is 7.86. The maximum absolute atomic E-state index is 13.1. The van der Waals surface area contributed by atoms with Gasteiger partial charge in [0.1, 0.15) is 0 Å². The van der Waals surface area contributed by atoms with Crippen LogP contribution in [0.4, 0.5) is 5.69 Å². The van der Waals surface area contributed by atoms with Crippen molar-refractivity contribution in [2.75, 3.05) is 17.6 Å². The SMILES string of the molecule is Cc1ccc(NC(=O)CSc2nnc(C3CCCN3C(=O)c3ccc(Cl)cc3)n2C)cc1Cl. The van der Waals surface area contributed by atoms with Crippen molar-refractivity contribution in [2.24, 2.45) is 7.05 Å². The van der Waals surface area contributed by atoms with Gasteiger partial charge in [0.2, 0.25) is 5.91 Å². The quantitative estimate of drug-likeness (QED) is 0.471. The second kappa shape index (κ2) is 10.2. The van der Waals surface area contributed by atoms with E-state index in [0.717, 1.165) is 18.4 Å². The Kier molecular flexibility index (Phi) is 7.26. The Balaban J connectivity index is 1.41.